The van der Waals surface area contributed by atoms with Crippen LogP contribution >= 0.6 is 0 Å². The lowest BCUT2D eigenvalue weighted by atomic mass is 9.95. The van der Waals surface area contributed by atoms with Crippen LogP contribution in [0.4, 0.5) is 5.69 Å². The van der Waals surface area contributed by atoms with E-state index in [-0.39, 0.29) is 17.5 Å². The zero-order valence-corrected chi connectivity index (χ0v) is 18.5. The monoisotopic (exact) mass is 431 g/mol. The molecule has 166 valence electrons. The van der Waals surface area contributed by atoms with E-state index in [1.165, 1.54) is 10.2 Å². The molecule has 0 spiro atoms. The van der Waals surface area contributed by atoms with Crippen molar-refractivity contribution in [2.75, 3.05) is 31.1 Å². The first kappa shape index (κ1) is 20.7. The van der Waals surface area contributed by atoms with Crippen LogP contribution in [0, 0.1) is 0 Å². The Morgan fingerprint density at radius 3 is 2.50 bits per heavy atom. The van der Waals surface area contributed by atoms with Gasteiger partial charge < -0.3 is 4.90 Å². The third-order valence-electron chi connectivity index (χ3n) is 6.69. The fraction of sp³-hybridized carbons (Fsp3) is 0.400. The number of carbonyl (C=O) groups is 1. The molecule has 2 aliphatic rings. The molecule has 1 fully saturated rings. The van der Waals surface area contributed by atoms with Crippen molar-refractivity contribution in [1.29, 1.82) is 0 Å². The number of rotatable bonds is 4. The van der Waals surface area contributed by atoms with Crippen molar-refractivity contribution in [3.63, 3.8) is 0 Å². The molecule has 7 nitrogen and oxygen atoms in total. The molecule has 3 aromatic rings. The Labute approximate surface area is 187 Å². The molecular formula is C25H29N5O2. The minimum atomic E-state index is -0.118. The average molecular weight is 432 g/mol. The summed E-state index contributed by atoms with van der Waals surface area (Å²) in [6.45, 7) is 2.88. The van der Waals surface area contributed by atoms with Gasteiger partial charge in [0, 0.05) is 25.2 Å². The van der Waals surface area contributed by atoms with Crippen LogP contribution in [0.5, 0.6) is 0 Å². The summed E-state index contributed by atoms with van der Waals surface area (Å²) >= 11 is 0. The highest BCUT2D eigenvalue weighted by Gasteiger charge is 2.29. The predicted octanol–water partition coefficient (Wildman–Crippen LogP) is 2.73. The second kappa shape index (κ2) is 8.74. The topological polar surface area (TPSA) is 63.4 Å². The lowest BCUT2D eigenvalue weighted by Gasteiger charge is -2.34. The van der Waals surface area contributed by atoms with E-state index in [1.807, 2.05) is 47.4 Å². The molecular weight excluding hydrogens is 402 g/mol. The maximum Gasteiger partial charge on any atom is 0.350 e. The number of para-hydroxylation sites is 2. The van der Waals surface area contributed by atoms with Gasteiger partial charge in [-0.3, -0.25) is 9.69 Å². The Balaban J connectivity index is 1.27. The molecule has 7 heteroatoms. The Morgan fingerprint density at radius 2 is 1.72 bits per heavy atom. The number of amides is 1. The number of carbonyl (C=O) groups excluding carboxylic acids is 1. The standard InChI is InChI=1S/C25H29N5O2/c1-27-25(32)30(21-10-3-2-4-11-21)24(26-27)20-13-16-28(17-14-20)18-23(31)29-15-7-9-19-8-5-6-12-22(19)29/h2-6,8,10-12,20H,7,9,13-18H2,1H3. The number of aryl methyl sites for hydroxylation is 2. The van der Waals surface area contributed by atoms with Gasteiger partial charge in [-0.2, -0.15) is 5.10 Å². The van der Waals surface area contributed by atoms with E-state index in [1.54, 1.807) is 11.6 Å². The number of aromatic nitrogens is 3. The van der Waals surface area contributed by atoms with E-state index in [4.69, 9.17) is 0 Å². The summed E-state index contributed by atoms with van der Waals surface area (Å²) in [5.41, 5.74) is 3.06. The normalized spacial score (nSPS) is 17.3. The summed E-state index contributed by atoms with van der Waals surface area (Å²) in [6.07, 6.45) is 3.82. The molecule has 0 unspecified atom stereocenters. The first-order valence-corrected chi connectivity index (χ1v) is 11.4. The molecule has 32 heavy (non-hydrogen) atoms. The summed E-state index contributed by atoms with van der Waals surface area (Å²) in [6, 6.07) is 17.9. The van der Waals surface area contributed by atoms with Crippen molar-refractivity contribution in [3.05, 3.63) is 76.5 Å². The first-order chi connectivity index (χ1) is 15.6. The molecule has 3 heterocycles. The largest absolute Gasteiger partial charge is 0.350 e. The molecule has 0 bridgehead atoms. The summed E-state index contributed by atoms with van der Waals surface area (Å²) < 4.78 is 3.15. The van der Waals surface area contributed by atoms with Gasteiger partial charge in [0.15, 0.2) is 0 Å². The number of anilines is 1. The van der Waals surface area contributed by atoms with E-state index in [0.29, 0.717) is 6.54 Å². The van der Waals surface area contributed by atoms with Crippen LogP contribution < -0.4 is 10.6 Å². The van der Waals surface area contributed by atoms with E-state index < -0.39 is 0 Å². The molecule has 0 N–H and O–H groups in total. The van der Waals surface area contributed by atoms with Crippen molar-refractivity contribution >= 4 is 11.6 Å². The van der Waals surface area contributed by atoms with Gasteiger partial charge in [-0.05, 0) is 62.5 Å². The van der Waals surface area contributed by atoms with E-state index >= 15 is 0 Å². The zero-order chi connectivity index (χ0) is 22.1. The number of hydrogen-bond acceptors (Lipinski definition) is 4. The molecule has 5 rings (SSSR count). The maximum atomic E-state index is 13.1. The Bertz CT molecular complexity index is 1160. The highest BCUT2D eigenvalue weighted by Crippen LogP contribution is 2.29. The SMILES string of the molecule is Cn1nc(C2CCN(CC(=O)N3CCCc4ccccc43)CC2)n(-c2ccccc2)c1=O. The lowest BCUT2D eigenvalue weighted by molar-refractivity contribution is -0.120. The third-order valence-corrected chi connectivity index (χ3v) is 6.69. The van der Waals surface area contributed by atoms with Gasteiger partial charge >= 0.3 is 5.69 Å². The number of nitrogens with zero attached hydrogens (tertiary/aromatic N) is 5. The molecule has 0 radical (unpaired) electrons. The van der Waals surface area contributed by atoms with Crippen molar-refractivity contribution in [2.45, 2.75) is 31.6 Å². The predicted molar refractivity (Wildman–Crippen MR) is 124 cm³/mol. The van der Waals surface area contributed by atoms with Gasteiger partial charge in [0.2, 0.25) is 5.91 Å². The number of fused-ring (bicyclic) bond motifs is 1. The molecule has 2 aromatic carbocycles. The van der Waals surface area contributed by atoms with Crippen molar-refractivity contribution < 1.29 is 4.79 Å². The van der Waals surface area contributed by atoms with Crippen molar-refractivity contribution in [3.8, 4) is 5.69 Å². The summed E-state index contributed by atoms with van der Waals surface area (Å²) in [4.78, 5) is 30.0. The quantitative estimate of drug-likeness (QED) is 0.637. The fourth-order valence-electron chi connectivity index (χ4n) is 4.99. The van der Waals surface area contributed by atoms with Crippen LogP contribution in [0.3, 0.4) is 0 Å². The Morgan fingerprint density at radius 1 is 1.00 bits per heavy atom. The van der Waals surface area contributed by atoms with Crippen LogP contribution in [0.15, 0.2) is 59.4 Å². The molecule has 0 atom stereocenters. The van der Waals surface area contributed by atoms with E-state index in [2.05, 4.69) is 22.1 Å². The van der Waals surface area contributed by atoms with Crippen LogP contribution in [-0.4, -0.2) is 51.3 Å². The Hall–Kier alpha value is -3.19. The Kier molecular flexibility index (Phi) is 5.66. The number of piperidine rings is 1. The number of likely N-dealkylation sites (tertiary alicyclic amines) is 1. The molecule has 1 aromatic heterocycles. The second-order valence-corrected chi connectivity index (χ2v) is 8.76. The zero-order valence-electron chi connectivity index (χ0n) is 18.5. The summed E-state index contributed by atoms with van der Waals surface area (Å²) in [5, 5.41) is 4.57. The van der Waals surface area contributed by atoms with Gasteiger partial charge in [-0.25, -0.2) is 14.0 Å². The highest BCUT2D eigenvalue weighted by atomic mass is 16.2. The van der Waals surface area contributed by atoms with E-state index in [9.17, 15) is 9.59 Å². The second-order valence-electron chi connectivity index (χ2n) is 8.76. The molecule has 1 saturated heterocycles. The summed E-state index contributed by atoms with van der Waals surface area (Å²) in [5.74, 6) is 1.19. The lowest BCUT2D eigenvalue weighted by Crippen LogP contribution is -2.45. The maximum absolute atomic E-state index is 13.1. The van der Waals surface area contributed by atoms with Crippen LogP contribution in [0.2, 0.25) is 0 Å². The van der Waals surface area contributed by atoms with Crippen LogP contribution in [0.25, 0.3) is 5.69 Å². The fourth-order valence-corrected chi connectivity index (χ4v) is 4.99. The number of benzene rings is 2. The highest BCUT2D eigenvalue weighted by molar-refractivity contribution is 5.95. The minimum absolute atomic E-state index is 0.118. The van der Waals surface area contributed by atoms with Gasteiger partial charge in [-0.1, -0.05) is 36.4 Å². The summed E-state index contributed by atoms with van der Waals surface area (Å²) in [7, 11) is 1.70. The number of hydrogen-bond donors (Lipinski definition) is 0. The van der Waals surface area contributed by atoms with Crippen LogP contribution in [0.1, 0.15) is 36.6 Å². The molecule has 0 saturated carbocycles. The van der Waals surface area contributed by atoms with E-state index in [0.717, 1.165) is 62.5 Å². The molecule has 1 amide bonds. The smallest absolute Gasteiger partial charge is 0.311 e. The van der Waals surface area contributed by atoms with Gasteiger partial charge in [0.1, 0.15) is 5.82 Å². The average Bonchev–Trinajstić information content (AvgIpc) is 3.13. The minimum Gasteiger partial charge on any atom is -0.311 e. The third kappa shape index (κ3) is 3.88. The van der Waals surface area contributed by atoms with Gasteiger partial charge in [0.25, 0.3) is 0 Å². The van der Waals surface area contributed by atoms with Crippen molar-refractivity contribution in [2.24, 2.45) is 7.05 Å². The molecule has 2 aliphatic heterocycles. The van der Waals surface area contributed by atoms with Crippen LogP contribution in [-0.2, 0) is 18.3 Å². The molecule has 0 aliphatic carbocycles. The van der Waals surface area contributed by atoms with Gasteiger partial charge in [-0.15, -0.1) is 0 Å². The van der Waals surface area contributed by atoms with Gasteiger partial charge in [0.05, 0.1) is 12.2 Å². The first-order valence-electron chi connectivity index (χ1n) is 11.4. The van der Waals surface area contributed by atoms with Crippen molar-refractivity contribution in [1.82, 2.24) is 19.2 Å².